The Bertz CT molecular complexity index is 264. The van der Waals surface area contributed by atoms with E-state index in [2.05, 4.69) is 33.1 Å². The van der Waals surface area contributed by atoms with Gasteiger partial charge in [0.2, 0.25) is 0 Å². The fourth-order valence-electron chi connectivity index (χ4n) is 6.19. The van der Waals surface area contributed by atoms with Crippen LogP contribution in [0.2, 0.25) is 0 Å². The number of hydrogen-bond donors (Lipinski definition) is 1. The van der Waals surface area contributed by atoms with Gasteiger partial charge >= 0.3 is 0 Å². The predicted octanol–water partition coefficient (Wildman–Crippen LogP) is 3.84. The van der Waals surface area contributed by atoms with Crippen molar-refractivity contribution in [2.75, 3.05) is 7.05 Å². The van der Waals surface area contributed by atoms with Crippen LogP contribution >= 0.6 is 0 Å². The molecule has 4 aliphatic rings. The maximum atomic E-state index is 3.70. The Balaban J connectivity index is 1.90. The highest BCUT2D eigenvalue weighted by atomic mass is 14.9. The van der Waals surface area contributed by atoms with Gasteiger partial charge in [0, 0.05) is 6.04 Å². The van der Waals surface area contributed by atoms with Gasteiger partial charge in [0.25, 0.3) is 0 Å². The molecule has 98 valence electrons. The first-order valence-corrected chi connectivity index (χ1v) is 7.60. The molecule has 1 atom stereocenters. The molecular weight excluding hydrogens is 206 g/mol. The van der Waals surface area contributed by atoms with Gasteiger partial charge in [-0.05, 0) is 74.2 Å². The largest absolute Gasteiger partial charge is 0.316 e. The molecule has 1 unspecified atom stereocenters. The molecule has 4 saturated carbocycles. The van der Waals surface area contributed by atoms with Gasteiger partial charge in [-0.25, -0.2) is 0 Å². The molecule has 0 aromatic carbocycles. The molecule has 1 nitrogen and oxygen atoms in total. The van der Waals surface area contributed by atoms with E-state index in [1.165, 1.54) is 19.3 Å². The third-order valence-electron chi connectivity index (χ3n) is 5.85. The number of rotatable bonds is 2. The van der Waals surface area contributed by atoms with Gasteiger partial charge in [-0.15, -0.1) is 0 Å². The van der Waals surface area contributed by atoms with E-state index in [0.29, 0.717) is 16.9 Å². The first-order chi connectivity index (χ1) is 7.93. The number of nitrogens with one attached hydrogen (secondary N) is 1. The molecule has 0 heterocycles. The fourth-order valence-corrected chi connectivity index (χ4v) is 6.19. The standard InChI is InChI=1S/C16H29N/c1-15(2,3)14(17-4)16-8-11-5-12(9-16)7-13(6-11)10-16/h11-14,17H,5-10H2,1-4H3. The smallest absolute Gasteiger partial charge is 0.0169 e. The summed E-state index contributed by atoms with van der Waals surface area (Å²) in [5, 5.41) is 3.70. The Morgan fingerprint density at radius 1 is 0.941 bits per heavy atom. The molecule has 4 bridgehead atoms. The van der Waals surface area contributed by atoms with Gasteiger partial charge in [-0.3, -0.25) is 0 Å². The van der Waals surface area contributed by atoms with E-state index in [4.69, 9.17) is 0 Å². The van der Waals surface area contributed by atoms with E-state index in [1.807, 2.05) is 0 Å². The highest BCUT2D eigenvalue weighted by Crippen LogP contribution is 2.62. The van der Waals surface area contributed by atoms with Crippen molar-refractivity contribution in [3.05, 3.63) is 0 Å². The lowest BCUT2D eigenvalue weighted by Crippen LogP contribution is -2.59. The highest BCUT2D eigenvalue weighted by molar-refractivity contribution is 5.08. The van der Waals surface area contributed by atoms with E-state index < -0.39 is 0 Å². The van der Waals surface area contributed by atoms with Crippen molar-refractivity contribution in [2.24, 2.45) is 28.6 Å². The Morgan fingerprint density at radius 2 is 1.35 bits per heavy atom. The van der Waals surface area contributed by atoms with Crippen molar-refractivity contribution >= 4 is 0 Å². The molecule has 0 aliphatic heterocycles. The minimum absolute atomic E-state index is 0.403. The lowest BCUT2D eigenvalue weighted by molar-refractivity contribution is -0.0928. The molecule has 0 aromatic heterocycles. The Hall–Kier alpha value is -0.0400. The van der Waals surface area contributed by atoms with Gasteiger partial charge in [0.15, 0.2) is 0 Å². The van der Waals surface area contributed by atoms with Crippen molar-refractivity contribution in [1.29, 1.82) is 0 Å². The molecule has 0 amide bonds. The van der Waals surface area contributed by atoms with Crippen molar-refractivity contribution in [1.82, 2.24) is 5.32 Å². The summed E-state index contributed by atoms with van der Waals surface area (Å²) in [6.45, 7) is 7.27. The van der Waals surface area contributed by atoms with Crippen LogP contribution in [0, 0.1) is 28.6 Å². The van der Waals surface area contributed by atoms with Crippen LogP contribution in [0.25, 0.3) is 0 Å². The zero-order valence-electron chi connectivity index (χ0n) is 12.1. The van der Waals surface area contributed by atoms with Gasteiger partial charge < -0.3 is 5.32 Å². The topological polar surface area (TPSA) is 12.0 Å². The second-order valence-corrected chi connectivity index (χ2v) is 8.37. The quantitative estimate of drug-likeness (QED) is 0.767. The molecule has 4 fully saturated rings. The molecule has 0 radical (unpaired) electrons. The second kappa shape index (κ2) is 3.73. The zero-order chi connectivity index (χ0) is 12.3. The number of hydrogen-bond acceptors (Lipinski definition) is 1. The van der Waals surface area contributed by atoms with E-state index >= 15 is 0 Å². The maximum absolute atomic E-state index is 3.70. The normalized spacial score (nSPS) is 46.2. The van der Waals surface area contributed by atoms with Crippen LogP contribution in [0.5, 0.6) is 0 Å². The van der Waals surface area contributed by atoms with E-state index in [9.17, 15) is 0 Å². The Morgan fingerprint density at radius 3 is 1.65 bits per heavy atom. The average Bonchev–Trinajstić information content (AvgIpc) is 2.12. The highest BCUT2D eigenvalue weighted by Gasteiger charge is 2.55. The van der Waals surface area contributed by atoms with Crippen LogP contribution in [0.3, 0.4) is 0 Å². The first kappa shape index (κ1) is 12.0. The second-order valence-electron chi connectivity index (χ2n) is 8.37. The van der Waals surface area contributed by atoms with Gasteiger partial charge in [-0.2, -0.15) is 0 Å². The van der Waals surface area contributed by atoms with E-state index in [1.54, 1.807) is 19.3 Å². The average molecular weight is 235 g/mol. The van der Waals surface area contributed by atoms with Gasteiger partial charge in [0.05, 0.1) is 0 Å². The molecule has 0 saturated heterocycles. The van der Waals surface area contributed by atoms with Crippen LogP contribution in [-0.4, -0.2) is 13.1 Å². The molecule has 4 rings (SSSR count). The summed E-state index contributed by atoms with van der Waals surface area (Å²) in [5.74, 6) is 3.21. The summed E-state index contributed by atoms with van der Waals surface area (Å²) in [6, 6.07) is 0.711. The van der Waals surface area contributed by atoms with Crippen LogP contribution in [0.15, 0.2) is 0 Å². The van der Waals surface area contributed by atoms with Crippen LogP contribution in [0.4, 0.5) is 0 Å². The Labute approximate surface area is 107 Å². The third kappa shape index (κ3) is 1.85. The van der Waals surface area contributed by atoms with E-state index in [-0.39, 0.29) is 0 Å². The molecule has 1 N–H and O–H groups in total. The van der Waals surface area contributed by atoms with Crippen LogP contribution < -0.4 is 5.32 Å². The van der Waals surface area contributed by atoms with Gasteiger partial charge in [0.1, 0.15) is 0 Å². The molecular formula is C16H29N. The van der Waals surface area contributed by atoms with E-state index in [0.717, 1.165) is 17.8 Å². The minimum atomic E-state index is 0.403. The molecule has 0 aromatic rings. The molecule has 17 heavy (non-hydrogen) atoms. The molecule has 4 aliphatic carbocycles. The maximum Gasteiger partial charge on any atom is 0.0169 e. The zero-order valence-corrected chi connectivity index (χ0v) is 12.1. The summed E-state index contributed by atoms with van der Waals surface area (Å²) in [5.41, 5.74) is 1.04. The van der Waals surface area contributed by atoms with Gasteiger partial charge in [-0.1, -0.05) is 20.8 Å². The summed E-state index contributed by atoms with van der Waals surface area (Å²) in [7, 11) is 2.19. The van der Waals surface area contributed by atoms with Crippen LogP contribution in [-0.2, 0) is 0 Å². The monoisotopic (exact) mass is 235 g/mol. The molecule has 1 heteroatoms. The first-order valence-electron chi connectivity index (χ1n) is 7.60. The minimum Gasteiger partial charge on any atom is -0.316 e. The summed E-state index contributed by atoms with van der Waals surface area (Å²) >= 11 is 0. The SMILES string of the molecule is CNC(C(C)(C)C)C12CC3CC(CC(C3)C1)C2. The van der Waals surface area contributed by atoms with Crippen LogP contribution in [0.1, 0.15) is 59.3 Å². The predicted molar refractivity (Wildman–Crippen MR) is 72.9 cm³/mol. The van der Waals surface area contributed by atoms with Crippen molar-refractivity contribution < 1.29 is 0 Å². The third-order valence-corrected chi connectivity index (χ3v) is 5.85. The summed E-state index contributed by atoms with van der Waals surface area (Å²) < 4.78 is 0. The van der Waals surface area contributed by atoms with Crippen molar-refractivity contribution in [3.8, 4) is 0 Å². The van der Waals surface area contributed by atoms with Crippen molar-refractivity contribution in [2.45, 2.75) is 65.3 Å². The van der Waals surface area contributed by atoms with Crippen molar-refractivity contribution in [3.63, 3.8) is 0 Å². The Kier molecular flexibility index (Phi) is 2.63. The summed E-state index contributed by atoms with van der Waals surface area (Å²) in [4.78, 5) is 0. The fraction of sp³-hybridized carbons (Fsp3) is 1.00. The lowest BCUT2D eigenvalue weighted by Gasteiger charge is -2.61. The summed E-state index contributed by atoms with van der Waals surface area (Å²) in [6.07, 6.45) is 9.21. The molecule has 0 spiro atoms. The lowest BCUT2D eigenvalue weighted by atomic mass is 9.45.